The highest BCUT2D eigenvalue weighted by molar-refractivity contribution is 5.29. The van der Waals surface area contributed by atoms with Gasteiger partial charge in [0, 0.05) is 6.61 Å². The maximum Gasteiger partial charge on any atom is 0.119 e. The molecule has 21 heavy (non-hydrogen) atoms. The van der Waals surface area contributed by atoms with Gasteiger partial charge >= 0.3 is 0 Å². The molecule has 1 atom stereocenters. The Labute approximate surface area is 126 Å². The highest BCUT2D eigenvalue weighted by Gasteiger charge is 2.07. The van der Waals surface area contributed by atoms with Crippen LogP contribution in [-0.4, -0.2) is 18.3 Å². The van der Waals surface area contributed by atoms with Crippen LogP contribution in [0.15, 0.2) is 54.6 Å². The zero-order valence-electron chi connectivity index (χ0n) is 12.4. The fraction of sp³-hybridized carbons (Fsp3) is 0.333. The molecule has 0 saturated carbocycles. The molecule has 0 fully saturated rings. The van der Waals surface area contributed by atoms with Crippen molar-refractivity contribution < 1.29 is 14.6 Å². The summed E-state index contributed by atoms with van der Waals surface area (Å²) < 4.78 is 11.1. The van der Waals surface area contributed by atoms with E-state index in [1.165, 1.54) is 0 Å². The molecule has 0 heterocycles. The van der Waals surface area contributed by atoms with E-state index in [1.54, 1.807) is 0 Å². The zero-order chi connectivity index (χ0) is 14.9. The van der Waals surface area contributed by atoms with E-state index >= 15 is 0 Å². The predicted octanol–water partition coefficient (Wildman–Crippen LogP) is 3.73. The third-order valence-electron chi connectivity index (χ3n) is 3.14. The van der Waals surface area contributed by atoms with Gasteiger partial charge in [0.25, 0.3) is 0 Å². The molecule has 3 heteroatoms. The van der Waals surface area contributed by atoms with Crippen molar-refractivity contribution in [3.05, 3.63) is 65.7 Å². The highest BCUT2D eigenvalue weighted by atomic mass is 16.5. The van der Waals surface area contributed by atoms with E-state index in [2.05, 4.69) is 0 Å². The van der Waals surface area contributed by atoms with Gasteiger partial charge in [-0.3, -0.25) is 0 Å². The van der Waals surface area contributed by atoms with Crippen molar-refractivity contribution in [2.75, 3.05) is 13.2 Å². The second-order valence-corrected chi connectivity index (χ2v) is 4.93. The molecule has 1 unspecified atom stereocenters. The zero-order valence-corrected chi connectivity index (χ0v) is 12.4. The first kappa shape index (κ1) is 15.5. The van der Waals surface area contributed by atoms with Gasteiger partial charge in [0.1, 0.15) is 18.5 Å². The molecule has 2 aromatic carbocycles. The number of hydrogen-bond acceptors (Lipinski definition) is 3. The van der Waals surface area contributed by atoms with Gasteiger partial charge in [0.15, 0.2) is 0 Å². The Morgan fingerprint density at radius 3 is 2.38 bits per heavy atom. The Hall–Kier alpha value is -1.84. The molecule has 0 aliphatic carbocycles. The van der Waals surface area contributed by atoms with Crippen LogP contribution < -0.4 is 4.74 Å². The molecule has 2 aromatic rings. The molecule has 0 saturated heterocycles. The minimum absolute atomic E-state index is 0.331. The van der Waals surface area contributed by atoms with Crippen LogP contribution in [0.25, 0.3) is 0 Å². The molecule has 2 rings (SSSR count). The largest absolute Gasteiger partial charge is 0.489 e. The molecular formula is C18H22O3. The molecule has 0 radical (unpaired) electrons. The summed E-state index contributed by atoms with van der Waals surface area (Å²) in [5, 5.41) is 9.98. The first-order valence-corrected chi connectivity index (χ1v) is 7.32. The van der Waals surface area contributed by atoms with Crippen molar-refractivity contribution in [1.29, 1.82) is 0 Å². The summed E-state index contributed by atoms with van der Waals surface area (Å²) in [6, 6.07) is 17.5. The van der Waals surface area contributed by atoms with Crippen molar-refractivity contribution in [1.82, 2.24) is 0 Å². The Balaban J connectivity index is 1.84. The lowest BCUT2D eigenvalue weighted by atomic mass is 10.1. The normalized spacial score (nSPS) is 12.1. The summed E-state index contributed by atoms with van der Waals surface area (Å²) in [4.78, 5) is 0. The van der Waals surface area contributed by atoms with Gasteiger partial charge in [0.2, 0.25) is 0 Å². The third kappa shape index (κ3) is 5.21. The Kier molecular flexibility index (Phi) is 6.25. The van der Waals surface area contributed by atoms with E-state index in [-0.39, 0.29) is 0 Å². The van der Waals surface area contributed by atoms with Gasteiger partial charge in [-0.25, -0.2) is 0 Å². The Morgan fingerprint density at radius 1 is 1.00 bits per heavy atom. The fourth-order valence-corrected chi connectivity index (χ4v) is 1.96. The van der Waals surface area contributed by atoms with Crippen molar-refractivity contribution >= 4 is 0 Å². The number of rotatable bonds is 8. The van der Waals surface area contributed by atoms with Gasteiger partial charge < -0.3 is 14.6 Å². The average molecular weight is 286 g/mol. The third-order valence-corrected chi connectivity index (χ3v) is 3.14. The molecular weight excluding hydrogens is 264 g/mol. The summed E-state index contributed by atoms with van der Waals surface area (Å²) >= 11 is 0. The van der Waals surface area contributed by atoms with Gasteiger partial charge in [-0.2, -0.15) is 0 Å². The first-order valence-electron chi connectivity index (χ1n) is 7.32. The summed E-state index contributed by atoms with van der Waals surface area (Å²) in [6.07, 6.45) is 0.374. The number of aliphatic hydroxyl groups is 1. The number of aliphatic hydroxyl groups excluding tert-OH is 1. The minimum Gasteiger partial charge on any atom is -0.489 e. The molecule has 0 bridgehead atoms. The van der Waals surface area contributed by atoms with Gasteiger partial charge in [-0.05, 0) is 29.7 Å². The van der Waals surface area contributed by atoms with Crippen molar-refractivity contribution in [3.8, 4) is 5.75 Å². The highest BCUT2D eigenvalue weighted by Crippen LogP contribution is 2.19. The first-order chi connectivity index (χ1) is 10.3. The molecule has 0 amide bonds. The van der Waals surface area contributed by atoms with Crippen LogP contribution in [0.3, 0.4) is 0 Å². The molecule has 0 aliphatic heterocycles. The van der Waals surface area contributed by atoms with Crippen LogP contribution in [0.4, 0.5) is 0 Å². The summed E-state index contributed by atoms with van der Waals surface area (Å²) in [5.74, 6) is 0.796. The van der Waals surface area contributed by atoms with E-state index < -0.39 is 6.10 Å². The lowest BCUT2D eigenvalue weighted by Crippen LogP contribution is -2.07. The van der Waals surface area contributed by atoms with E-state index in [9.17, 15) is 5.11 Å². The van der Waals surface area contributed by atoms with Crippen LogP contribution in [0, 0.1) is 0 Å². The standard InChI is InChI=1S/C18H22O3/c1-2-12-20-14-18(19)16-8-10-17(11-9-16)21-13-15-6-4-3-5-7-15/h3-11,18-19H,2,12-14H2,1H3. The SMILES string of the molecule is CCCOCC(O)c1ccc(OCc2ccccc2)cc1. The molecule has 1 N–H and O–H groups in total. The lowest BCUT2D eigenvalue weighted by Gasteiger charge is -2.12. The molecule has 0 aromatic heterocycles. The quantitative estimate of drug-likeness (QED) is 0.752. The topological polar surface area (TPSA) is 38.7 Å². The number of benzene rings is 2. The molecule has 112 valence electrons. The van der Waals surface area contributed by atoms with Gasteiger partial charge in [-0.1, -0.05) is 49.4 Å². The number of hydrogen-bond donors (Lipinski definition) is 1. The van der Waals surface area contributed by atoms with Crippen LogP contribution in [-0.2, 0) is 11.3 Å². The maximum absolute atomic E-state index is 9.98. The molecule has 0 spiro atoms. The minimum atomic E-state index is -0.584. The van der Waals surface area contributed by atoms with Crippen molar-refractivity contribution in [2.24, 2.45) is 0 Å². The van der Waals surface area contributed by atoms with Crippen LogP contribution in [0.5, 0.6) is 5.75 Å². The fourth-order valence-electron chi connectivity index (χ4n) is 1.96. The van der Waals surface area contributed by atoms with Gasteiger partial charge in [-0.15, -0.1) is 0 Å². The van der Waals surface area contributed by atoms with Crippen molar-refractivity contribution in [3.63, 3.8) is 0 Å². The maximum atomic E-state index is 9.98. The predicted molar refractivity (Wildman–Crippen MR) is 83.3 cm³/mol. The summed E-state index contributed by atoms with van der Waals surface area (Å²) in [5.41, 5.74) is 1.98. The average Bonchev–Trinajstić information content (AvgIpc) is 2.54. The van der Waals surface area contributed by atoms with E-state index in [4.69, 9.17) is 9.47 Å². The monoisotopic (exact) mass is 286 g/mol. The summed E-state index contributed by atoms with van der Waals surface area (Å²) in [6.45, 7) is 3.60. The van der Waals surface area contributed by atoms with Gasteiger partial charge in [0.05, 0.1) is 6.61 Å². The second-order valence-electron chi connectivity index (χ2n) is 4.93. The summed E-state index contributed by atoms with van der Waals surface area (Å²) in [7, 11) is 0. The number of ether oxygens (including phenoxy) is 2. The molecule has 0 aliphatic rings. The molecule has 3 nitrogen and oxygen atoms in total. The Bertz CT molecular complexity index is 508. The van der Waals surface area contributed by atoms with E-state index in [0.717, 1.165) is 23.3 Å². The van der Waals surface area contributed by atoms with E-state index in [1.807, 2.05) is 61.5 Å². The Morgan fingerprint density at radius 2 is 1.71 bits per heavy atom. The van der Waals surface area contributed by atoms with Crippen LogP contribution >= 0.6 is 0 Å². The van der Waals surface area contributed by atoms with Crippen molar-refractivity contribution in [2.45, 2.75) is 26.1 Å². The van der Waals surface area contributed by atoms with Crippen LogP contribution in [0.2, 0.25) is 0 Å². The van der Waals surface area contributed by atoms with Crippen LogP contribution in [0.1, 0.15) is 30.6 Å². The lowest BCUT2D eigenvalue weighted by molar-refractivity contribution is 0.0363. The van der Waals surface area contributed by atoms with E-state index in [0.29, 0.717) is 19.8 Å². The second kappa shape index (κ2) is 8.45. The smallest absolute Gasteiger partial charge is 0.119 e.